The third-order valence-corrected chi connectivity index (χ3v) is 4.26. The molecular formula is C16H23N3OS. The Morgan fingerprint density at radius 1 is 1.43 bits per heavy atom. The zero-order chi connectivity index (χ0) is 15.2. The second kappa shape index (κ2) is 7.52. The van der Waals surface area contributed by atoms with Gasteiger partial charge in [-0.15, -0.1) is 0 Å². The predicted molar refractivity (Wildman–Crippen MR) is 90.5 cm³/mol. The second-order valence-corrected chi connectivity index (χ2v) is 5.93. The van der Waals surface area contributed by atoms with E-state index in [9.17, 15) is 4.79 Å². The minimum atomic E-state index is 0.0174. The van der Waals surface area contributed by atoms with Gasteiger partial charge in [0.05, 0.1) is 6.54 Å². The van der Waals surface area contributed by atoms with E-state index >= 15 is 0 Å². The van der Waals surface area contributed by atoms with Crippen LogP contribution in [-0.2, 0) is 4.79 Å². The number of hydrogen-bond acceptors (Lipinski definition) is 3. The Labute approximate surface area is 131 Å². The van der Waals surface area contributed by atoms with Crippen LogP contribution in [0.5, 0.6) is 0 Å². The molecule has 1 fully saturated rings. The third-order valence-electron chi connectivity index (χ3n) is 4.02. The molecule has 1 aromatic rings. The van der Waals surface area contributed by atoms with Crippen molar-refractivity contribution >= 4 is 28.8 Å². The van der Waals surface area contributed by atoms with Crippen molar-refractivity contribution in [3.63, 3.8) is 0 Å². The number of carbonyl (C=O) groups excluding carboxylic acids is 1. The van der Waals surface area contributed by atoms with Gasteiger partial charge in [0.2, 0.25) is 5.91 Å². The quantitative estimate of drug-likeness (QED) is 0.793. The van der Waals surface area contributed by atoms with E-state index in [0.717, 1.165) is 17.8 Å². The number of rotatable bonds is 6. The number of nitrogens with one attached hydrogen (secondary N) is 1. The number of benzene rings is 1. The average Bonchev–Trinajstić information content (AvgIpc) is 2.99. The van der Waals surface area contributed by atoms with Crippen molar-refractivity contribution in [3.05, 3.63) is 29.8 Å². The molecule has 21 heavy (non-hydrogen) atoms. The molecular weight excluding hydrogens is 282 g/mol. The van der Waals surface area contributed by atoms with Gasteiger partial charge in [-0.05, 0) is 31.5 Å². The van der Waals surface area contributed by atoms with Gasteiger partial charge < -0.3 is 11.1 Å². The summed E-state index contributed by atoms with van der Waals surface area (Å²) in [4.78, 5) is 14.8. The molecule has 0 heterocycles. The Kier molecular flexibility index (Phi) is 5.70. The Balaban J connectivity index is 1.94. The van der Waals surface area contributed by atoms with Gasteiger partial charge in [-0.3, -0.25) is 9.69 Å². The van der Waals surface area contributed by atoms with Gasteiger partial charge >= 0.3 is 0 Å². The minimum Gasteiger partial charge on any atom is -0.389 e. The largest absolute Gasteiger partial charge is 0.389 e. The van der Waals surface area contributed by atoms with Crippen molar-refractivity contribution in [2.24, 2.45) is 5.73 Å². The van der Waals surface area contributed by atoms with Gasteiger partial charge in [0.1, 0.15) is 4.99 Å². The molecule has 0 unspecified atom stereocenters. The average molecular weight is 305 g/mol. The maximum absolute atomic E-state index is 12.2. The molecule has 4 nitrogen and oxygen atoms in total. The fourth-order valence-corrected chi connectivity index (χ4v) is 3.03. The summed E-state index contributed by atoms with van der Waals surface area (Å²) >= 11 is 4.95. The van der Waals surface area contributed by atoms with Gasteiger partial charge in [0, 0.05) is 17.3 Å². The molecule has 1 saturated carbocycles. The predicted octanol–water partition coefficient (Wildman–Crippen LogP) is 2.52. The molecule has 1 aromatic carbocycles. The van der Waals surface area contributed by atoms with Crippen LogP contribution in [0.2, 0.25) is 0 Å². The van der Waals surface area contributed by atoms with Gasteiger partial charge in [-0.25, -0.2) is 0 Å². The van der Waals surface area contributed by atoms with E-state index in [0.29, 0.717) is 17.6 Å². The number of amides is 1. The topological polar surface area (TPSA) is 58.4 Å². The first-order valence-electron chi connectivity index (χ1n) is 7.54. The van der Waals surface area contributed by atoms with E-state index in [1.165, 1.54) is 25.7 Å². The highest BCUT2D eigenvalue weighted by Gasteiger charge is 2.22. The molecule has 0 saturated heterocycles. The molecule has 5 heteroatoms. The number of hydrogen-bond donors (Lipinski definition) is 2. The number of nitrogens with zero attached hydrogens (tertiary/aromatic N) is 1. The lowest BCUT2D eigenvalue weighted by Gasteiger charge is -2.26. The molecule has 0 aromatic heterocycles. The van der Waals surface area contributed by atoms with Crippen LogP contribution in [0.3, 0.4) is 0 Å². The first-order valence-corrected chi connectivity index (χ1v) is 7.94. The van der Waals surface area contributed by atoms with Crippen LogP contribution in [0, 0.1) is 0 Å². The Morgan fingerprint density at radius 2 is 2.14 bits per heavy atom. The molecule has 1 aliphatic rings. The van der Waals surface area contributed by atoms with Crippen LogP contribution in [0.25, 0.3) is 0 Å². The van der Waals surface area contributed by atoms with Crippen molar-refractivity contribution in [2.45, 2.75) is 38.6 Å². The zero-order valence-corrected chi connectivity index (χ0v) is 13.3. The lowest BCUT2D eigenvalue weighted by atomic mass is 10.2. The molecule has 1 amide bonds. The number of anilines is 1. The normalized spacial score (nSPS) is 15.3. The summed E-state index contributed by atoms with van der Waals surface area (Å²) in [5.74, 6) is 0.0174. The van der Waals surface area contributed by atoms with E-state index in [-0.39, 0.29) is 5.91 Å². The lowest BCUT2D eigenvalue weighted by Crippen LogP contribution is -2.39. The Morgan fingerprint density at radius 3 is 2.76 bits per heavy atom. The minimum absolute atomic E-state index is 0.0174. The first-order chi connectivity index (χ1) is 10.1. The van der Waals surface area contributed by atoms with E-state index in [2.05, 4.69) is 17.1 Å². The molecule has 0 radical (unpaired) electrons. The number of carbonyl (C=O) groups is 1. The highest BCUT2D eigenvalue weighted by atomic mass is 32.1. The van der Waals surface area contributed by atoms with Gasteiger partial charge in [0.15, 0.2) is 0 Å². The van der Waals surface area contributed by atoms with E-state index < -0.39 is 0 Å². The standard InChI is InChI=1S/C16H23N3OS/c1-2-19(14-8-3-4-9-14)11-15(20)18-13-7-5-6-12(10-13)16(17)21/h5-7,10,14H,2-4,8-9,11H2,1H3,(H2,17,21)(H,18,20). The van der Waals surface area contributed by atoms with Crippen LogP contribution in [0.4, 0.5) is 5.69 Å². The molecule has 0 atom stereocenters. The Bertz CT molecular complexity index is 512. The van der Waals surface area contributed by atoms with Crippen LogP contribution in [0.1, 0.15) is 38.2 Å². The summed E-state index contributed by atoms with van der Waals surface area (Å²) in [5, 5.41) is 2.93. The summed E-state index contributed by atoms with van der Waals surface area (Å²) in [6, 6.07) is 7.91. The van der Waals surface area contributed by atoms with Crippen molar-refractivity contribution in [1.82, 2.24) is 4.90 Å². The zero-order valence-electron chi connectivity index (χ0n) is 12.5. The SMILES string of the molecule is CCN(CC(=O)Nc1cccc(C(N)=S)c1)C1CCCC1. The second-order valence-electron chi connectivity index (χ2n) is 5.49. The van der Waals surface area contributed by atoms with Crippen LogP contribution < -0.4 is 11.1 Å². The van der Waals surface area contributed by atoms with Crippen molar-refractivity contribution in [2.75, 3.05) is 18.4 Å². The maximum atomic E-state index is 12.2. The van der Waals surface area contributed by atoms with Gasteiger partial charge in [-0.1, -0.05) is 44.1 Å². The first kappa shape index (κ1) is 15.9. The molecule has 0 bridgehead atoms. The molecule has 2 rings (SSSR count). The van der Waals surface area contributed by atoms with E-state index in [1.54, 1.807) is 0 Å². The molecule has 114 valence electrons. The maximum Gasteiger partial charge on any atom is 0.238 e. The fourth-order valence-electron chi connectivity index (χ4n) is 2.90. The number of nitrogens with two attached hydrogens (primary N) is 1. The smallest absolute Gasteiger partial charge is 0.238 e. The summed E-state index contributed by atoms with van der Waals surface area (Å²) in [5.41, 5.74) is 7.12. The molecule has 3 N–H and O–H groups in total. The van der Waals surface area contributed by atoms with Crippen LogP contribution in [0.15, 0.2) is 24.3 Å². The highest BCUT2D eigenvalue weighted by Crippen LogP contribution is 2.23. The summed E-state index contributed by atoms with van der Waals surface area (Å²) in [7, 11) is 0. The Hall–Kier alpha value is -1.46. The molecule has 1 aliphatic carbocycles. The summed E-state index contributed by atoms with van der Waals surface area (Å²) < 4.78 is 0. The van der Waals surface area contributed by atoms with Crippen molar-refractivity contribution in [1.29, 1.82) is 0 Å². The molecule has 0 spiro atoms. The van der Waals surface area contributed by atoms with E-state index in [1.807, 2.05) is 24.3 Å². The molecule has 0 aliphatic heterocycles. The number of thiocarbonyl (C=S) groups is 1. The summed E-state index contributed by atoms with van der Waals surface area (Å²) in [6.45, 7) is 3.46. The van der Waals surface area contributed by atoms with Crippen LogP contribution in [-0.4, -0.2) is 34.9 Å². The van der Waals surface area contributed by atoms with Crippen LogP contribution >= 0.6 is 12.2 Å². The summed E-state index contributed by atoms with van der Waals surface area (Å²) in [6.07, 6.45) is 4.97. The fraction of sp³-hybridized carbons (Fsp3) is 0.500. The number of likely N-dealkylation sites (N-methyl/N-ethyl adjacent to an activating group) is 1. The van der Waals surface area contributed by atoms with Gasteiger partial charge in [-0.2, -0.15) is 0 Å². The van der Waals surface area contributed by atoms with E-state index in [4.69, 9.17) is 18.0 Å². The van der Waals surface area contributed by atoms with Gasteiger partial charge in [0.25, 0.3) is 0 Å². The van der Waals surface area contributed by atoms with Crippen molar-refractivity contribution in [3.8, 4) is 0 Å². The lowest BCUT2D eigenvalue weighted by molar-refractivity contribution is -0.117. The highest BCUT2D eigenvalue weighted by molar-refractivity contribution is 7.80. The third kappa shape index (κ3) is 4.51. The van der Waals surface area contributed by atoms with Crippen molar-refractivity contribution < 1.29 is 4.79 Å². The monoisotopic (exact) mass is 305 g/mol.